The first-order chi connectivity index (χ1) is 8.52. The van der Waals surface area contributed by atoms with Crippen LogP contribution in [0.2, 0.25) is 0 Å². The molecule has 18 heavy (non-hydrogen) atoms. The fourth-order valence-corrected chi connectivity index (χ4v) is 1.46. The Labute approximate surface area is 108 Å². The monoisotopic (exact) mass is 253 g/mol. The number of nitrogens with zero attached hydrogens (tertiary/aromatic N) is 3. The van der Waals surface area contributed by atoms with Crippen LogP contribution < -0.4 is 10.6 Å². The molecule has 0 saturated carbocycles. The first-order valence-corrected chi connectivity index (χ1v) is 6.41. The van der Waals surface area contributed by atoms with Crippen molar-refractivity contribution in [1.82, 2.24) is 25.4 Å². The van der Waals surface area contributed by atoms with Gasteiger partial charge in [-0.1, -0.05) is 6.92 Å². The Kier molecular flexibility index (Phi) is 5.77. The highest BCUT2D eigenvalue weighted by Gasteiger charge is 2.13. The molecule has 0 fully saturated rings. The molecule has 0 bridgehead atoms. The normalized spacial score (nSPS) is 14.2. The molecule has 0 saturated heterocycles. The topological polar surface area (TPSA) is 71.8 Å². The van der Waals surface area contributed by atoms with Crippen molar-refractivity contribution in [3.8, 4) is 0 Å². The SMILES string of the molecule is CCC(C)NC(=O)C(C)NCCc1ncn(C)n1. The van der Waals surface area contributed by atoms with Gasteiger partial charge in [-0.25, -0.2) is 4.98 Å². The van der Waals surface area contributed by atoms with Gasteiger partial charge in [0.1, 0.15) is 6.33 Å². The van der Waals surface area contributed by atoms with E-state index in [2.05, 4.69) is 27.6 Å². The number of nitrogens with one attached hydrogen (secondary N) is 2. The lowest BCUT2D eigenvalue weighted by Gasteiger charge is -2.17. The van der Waals surface area contributed by atoms with Crippen LogP contribution in [-0.4, -0.2) is 39.3 Å². The highest BCUT2D eigenvalue weighted by atomic mass is 16.2. The Morgan fingerprint density at radius 2 is 2.22 bits per heavy atom. The van der Waals surface area contributed by atoms with Gasteiger partial charge in [0.15, 0.2) is 5.82 Å². The summed E-state index contributed by atoms with van der Waals surface area (Å²) in [6.45, 7) is 6.61. The van der Waals surface area contributed by atoms with Crippen molar-refractivity contribution in [2.75, 3.05) is 6.54 Å². The number of aromatic nitrogens is 3. The van der Waals surface area contributed by atoms with E-state index in [9.17, 15) is 4.79 Å². The van der Waals surface area contributed by atoms with E-state index in [1.54, 1.807) is 11.0 Å². The second-order valence-corrected chi connectivity index (χ2v) is 4.58. The van der Waals surface area contributed by atoms with Crippen LogP contribution in [0.25, 0.3) is 0 Å². The molecule has 0 aliphatic heterocycles. The minimum absolute atomic E-state index is 0.0401. The summed E-state index contributed by atoms with van der Waals surface area (Å²) in [7, 11) is 1.84. The lowest BCUT2D eigenvalue weighted by molar-refractivity contribution is -0.123. The molecule has 0 aliphatic carbocycles. The fourth-order valence-electron chi connectivity index (χ4n) is 1.46. The van der Waals surface area contributed by atoms with E-state index in [1.165, 1.54) is 0 Å². The number of amides is 1. The molecule has 1 amide bonds. The summed E-state index contributed by atoms with van der Waals surface area (Å²) in [6.07, 6.45) is 3.34. The van der Waals surface area contributed by atoms with E-state index in [0.717, 1.165) is 18.7 Å². The molecular formula is C12H23N5O. The van der Waals surface area contributed by atoms with E-state index < -0.39 is 0 Å². The molecule has 0 radical (unpaired) electrons. The summed E-state index contributed by atoms with van der Waals surface area (Å²) in [5.41, 5.74) is 0. The van der Waals surface area contributed by atoms with Crippen molar-refractivity contribution in [1.29, 1.82) is 0 Å². The molecule has 1 heterocycles. The third-order valence-electron chi connectivity index (χ3n) is 2.84. The molecule has 0 spiro atoms. The van der Waals surface area contributed by atoms with Crippen LogP contribution in [0.15, 0.2) is 6.33 Å². The maximum atomic E-state index is 11.7. The summed E-state index contributed by atoms with van der Waals surface area (Å²) in [5.74, 6) is 0.831. The Morgan fingerprint density at radius 3 is 2.78 bits per heavy atom. The molecule has 0 aliphatic rings. The smallest absolute Gasteiger partial charge is 0.237 e. The van der Waals surface area contributed by atoms with Crippen LogP contribution in [0.1, 0.15) is 33.0 Å². The van der Waals surface area contributed by atoms with Gasteiger partial charge >= 0.3 is 0 Å². The number of hydrogen-bond acceptors (Lipinski definition) is 4. The molecule has 2 atom stereocenters. The molecule has 6 nitrogen and oxygen atoms in total. The lowest BCUT2D eigenvalue weighted by atomic mass is 10.2. The van der Waals surface area contributed by atoms with Gasteiger partial charge in [-0.3, -0.25) is 9.48 Å². The fraction of sp³-hybridized carbons (Fsp3) is 0.750. The van der Waals surface area contributed by atoms with Gasteiger partial charge < -0.3 is 10.6 Å². The van der Waals surface area contributed by atoms with E-state index in [-0.39, 0.29) is 18.0 Å². The zero-order valence-electron chi connectivity index (χ0n) is 11.6. The van der Waals surface area contributed by atoms with Gasteiger partial charge in [0.25, 0.3) is 0 Å². The van der Waals surface area contributed by atoms with Gasteiger partial charge in [-0.05, 0) is 20.3 Å². The van der Waals surface area contributed by atoms with Crippen molar-refractivity contribution < 1.29 is 4.79 Å². The van der Waals surface area contributed by atoms with Gasteiger partial charge in [0.2, 0.25) is 5.91 Å². The van der Waals surface area contributed by atoms with Crippen molar-refractivity contribution in [3.63, 3.8) is 0 Å². The highest BCUT2D eigenvalue weighted by molar-refractivity contribution is 5.81. The molecule has 1 aromatic rings. The van der Waals surface area contributed by atoms with Crippen molar-refractivity contribution in [3.05, 3.63) is 12.2 Å². The molecule has 102 valence electrons. The second kappa shape index (κ2) is 7.10. The minimum Gasteiger partial charge on any atom is -0.352 e. The average Bonchev–Trinajstić information content (AvgIpc) is 2.74. The van der Waals surface area contributed by atoms with Crippen molar-refractivity contribution in [2.24, 2.45) is 7.05 Å². The van der Waals surface area contributed by atoms with E-state index in [1.807, 2.05) is 20.9 Å². The molecule has 2 N–H and O–H groups in total. The van der Waals surface area contributed by atoms with Crippen LogP contribution >= 0.6 is 0 Å². The van der Waals surface area contributed by atoms with Crippen LogP contribution in [-0.2, 0) is 18.3 Å². The Bertz CT molecular complexity index is 376. The first kappa shape index (κ1) is 14.6. The summed E-state index contributed by atoms with van der Waals surface area (Å²) in [4.78, 5) is 15.9. The number of carbonyl (C=O) groups is 1. The van der Waals surface area contributed by atoms with E-state index >= 15 is 0 Å². The predicted molar refractivity (Wildman–Crippen MR) is 70.1 cm³/mol. The summed E-state index contributed by atoms with van der Waals surface area (Å²) < 4.78 is 1.67. The van der Waals surface area contributed by atoms with Crippen molar-refractivity contribution in [2.45, 2.75) is 45.7 Å². The van der Waals surface area contributed by atoms with Crippen LogP contribution in [0, 0.1) is 0 Å². The van der Waals surface area contributed by atoms with E-state index in [0.29, 0.717) is 6.54 Å². The van der Waals surface area contributed by atoms with Crippen molar-refractivity contribution >= 4 is 5.91 Å². The standard InChI is InChI=1S/C12H23N5O/c1-5-9(2)15-12(18)10(3)13-7-6-11-14-8-17(4)16-11/h8-10,13H,5-7H2,1-4H3,(H,15,18). The first-order valence-electron chi connectivity index (χ1n) is 6.41. The Morgan fingerprint density at radius 1 is 1.50 bits per heavy atom. The summed E-state index contributed by atoms with van der Waals surface area (Å²) in [6, 6.07) is 0.0296. The maximum Gasteiger partial charge on any atom is 0.237 e. The quantitative estimate of drug-likeness (QED) is 0.730. The van der Waals surface area contributed by atoms with Gasteiger partial charge in [-0.2, -0.15) is 5.10 Å². The number of carbonyl (C=O) groups excluding carboxylic acids is 1. The van der Waals surface area contributed by atoms with Gasteiger partial charge in [0.05, 0.1) is 6.04 Å². The highest BCUT2D eigenvalue weighted by Crippen LogP contribution is 1.92. The second-order valence-electron chi connectivity index (χ2n) is 4.58. The zero-order valence-corrected chi connectivity index (χ0v) is 11.6. The van der Waals surface area contributed by atoms with Crippen LogP contribution in [0.3, 0.4) is 0 Å². The third kappa shape index (κ3) is 4.83. The number of rotatable bonds is 7. The largest absolute Gasteiger partial charge is 0.352 e. The van der Waals surface area contributed by atoms with E-state index in [4.69, 9.17) is 0 Å². The maximum absolute atomic E-state index is 11.7. The average molecular weight is 253 g/mol. The zero-order chi connectivity index (χ0) is 13.5. The summed E-state index contributed by atoms with van der Waals surface area (Å²) >= 11 is 0. The Hall–Kier alpha value is -1.43. The number of aryl methyl sites for hydroxylation is 1. The predicted octanol–water partition coefficient (Wildman–Crippen LogP) is 0.250. The molecule has 1 rings (SSSR count). The Balaban J connectivity index is 2.24. The molecule has 2 unspecified atom stereocenters. The van der Waals surface area contributed by atoms with Gasteiger partial charge in [0, 0.05) is 26.1 Å². The molecule has 0 aromatic carbocycles. The van der Waals surface area contributed by atoms with Gasteiger partial charge in [-0.15, -0.1) is 0 Å². The molecule has 6 heteroatoms. The summed E-state index contributed by atoms with van der Waals surface area (Å²) in [5, 5.41) is 10.3. The van der Waals surface area contributed by atoms with Crippen LogP contribution in [0.4, 0.5) is 0 Å². The minimum atomic E-state index is -0.192. The molecular weight excluding hydrogens is 230 g/mol. The third-order valence-corrected chi connectivity index (χ3v) is 2.84. The number of hydrogen-bond donors (Lipinski definition) is 2. The lowest BCUT2D eigenvalue weighted by Crippen LogP contribution is -2.45. The molecule has 1 aromatic heterocycles. The van der Waals surface area contributed by atoms with Crippen LogP contribution in [0.5, 0.6) is 0 Å².